The molecule has 0 heterocycles. The lowest BCUT2D eigenvalue weighted by molar-refractivity contribution is 0.0262. The Morgan fingerprint density at radius 3 is 2.18 bits per heavy atom. The number of nitrogens with zero attached hydrogens (tertiary/aromatic N) is 1. The zero-order valence-electron chi connectivity index (χ0n) is 12.7. The Balaban J connectivity index is 2.89. The van der Waals surface area contributed by atoms with Crippen LogP contribution in [-0.2, 0) is 0 Å². The highest BCUT2D eigenvalue weighted by Gasteiger charge is 2.43. The Bertz CT molecular complexity index is 217. The van der Waals surface area contributed by atoms with Crippen LogP contribution in [0.25, 0.3) is 0 Å². The van der Waals surface area contributed by atoms with Gasteiger partial charge in [0.1, 0.15) is 0 Å². The van der Waals surface area contributed by atoms with E-state index in [-0.39, 0.29) is 0 Å². The maximum Gasteiger partial charge on any atom is 0.0359 e. The molecule has 17 heavy (non-hydrogen) atoms. The highest BCUT2D eigenvalue weighted by Crippen LogP contribution is 2.40. The van der Waals surface area contributed by atoms with Crippen molar-refractivity contribution in [3.63, 3.8) is 0 Å². The molecular weight excluding hydrogens is 208 g/mol. The van der Waals surface area contributed by atoms with Crippen LogP contribution in [-0.4, -0.2) is 37.6 Å². The summed E-state index contributed by atoms with van der Waals surface area (Å²) in [5.41, 5.74) is 0.372. The van der Waals surface area contributed by atoms with E-state index in [4.69, 9.17) is 0 Å². The molecule has 0 amide bonds. The maximum absolute atomic E-state index is 3.62. The minimum Gasteiger partial charge on any atom is -0.315 e. The molecule has 0 spiro atoms. The average Bonchev–Trinajstić information content (AvgIpc) is 2.32. The third kappa shape index (κ3) is 3.03. The summed E-state index contributed by atoms with van der Waals surface area (Å²) in [6.45, 7) is 7.10. The van der Waals surface area contributed by atoms with Crippen LogP contribution in [0.5, 0.6) is 0 Å². The van der Waals surface area contributed by atoms with Gasteiger partial charge in [0.05, 0.1) is 0 Å². The molecule has 2 atom stereocenters. The van der Waals surface area contributed by atoms with Crippen LogP contribution < -0.4 is 5.32 Å². The molecule has 1 aliphatic carbocycles. The van der Waals surface area contributed by atoms with Gasteiger partial charge in [-0.1, -0.05) is 27.2 Å². The lowest BCUT2D eigenvalue weighted by Gasteiger charge is -2.51. The van der Waals surface area contributed by atoms with E-state index in [1.165, 1.54) is 32.1 Å². The largest absolute Gasteiger partial charge is 0.315 e. The fourth-order valence-electron chi connectivity index (χ4n) is 3.62. The van der Waals surface area contributed by atoms with Crippen LogP contribution in [0.15, 0.2) is 0 Å². The Hall–Kier alpha value is -0.0800. The number of rotatable bonds is 5. The van der Waals surface area contributed by atoms with Crippen LogP contribution in [0.3, 0.4) is 0 Å². The van der Waals surface area contributed by atoms with Gasteiger partial charge in [-0.2, -0.15) is 0 Å². The molecule has 1 N–H and O–H groups in total. The molecule has 0 saturated heterocycles. The van der Waals surface area contributed by atoms with Crippen LogP contribution >= 0.6 is 0 Å². The van der Waals surface area contributed by atoms with Gasteiger partial charge in [0.15, 0.2) is 0 Å². The van der Waals surface area contributed by atoms with Crippen LogP contribution in [0.1, 0.15) is 52.9 Å². The van der Waals surface area contributed by atoms with E-state index in [1.807, 2.05) is 0 Å². The van der Waals surface area contributed by atoms with Crippen LogP contribution in [0, 0.1) is 11.8 Å². The normalized spacial score (nSPS) is 33.7. The van der Waals surface area contributed by atoms with Crippen molar-refractivity contribution in [2.24, 2.45) is 11.8 Å². The molecule has 2 unspecified atom stereocenters. The Labute approximate surface area is 108 Å². The fraction of sp³-hybridized carbons (Fsp3) is 1.00. The molecule has 0 aliphatic heterocycles. The molecule has 0 aromatic heterocycles. The quantitative estimate of drug-likeness (QED) is 0.794. The third-order valence-corrected chi connectivity index (χ3v) is 5.13. The number of hydrogen-bond acceptors (Lipinski definition) is 2. The first-order chi connectivity index (χ1) is 7.97. The first-order valence-electron chi connectivity index (χ1n) is 7.32. The van der Waals surface area contributed by atoms with Crippen molar-refractivity contribution in [1.29, 1.82) is 0 Å². The lowest BCUT2D eigenvalue weighted by Crippen LogP contribution is -2.62. The molecule has 0 radical (unpaired) electrons. The predicted octanol–water partition coefficient (Wildman–Crippen LogP) is 3.13. The highest BCUT2D eigenvalue weighted by molar-refractivity contribution is 5.02. The lowest BCUT2D eigenvalue weighted by atomic mass is 9.68. The summed E-state index contributed by atoms with van der Waals surface area (Å²) in [7, 11) is 6.67. The summed E-state index contributed by atoms with van der Waals surface area (Å²) >= 11 is 0. The Morgan fingerprint density at radius 2 is 1.82 bits per heavy atom. The Morgan fingerprint density at radius 1 is 1.29 bits per heavy atom. The molecule has 1 rings (SSSR count). The zero-order valence-corrected chi connectivity index (χ0v) is 12.7. The van der Waals surface area contributed by atoms with E-state index < -0.39 is 0 Å². The van der Waals surface area contributed by atoms with Gasteiger partial charge in [-0.3, -0.25) is 0 Å². The molecule has 1 aliphatic rings. The highest BCUT2D eigenvalue weighted by atomic mass is 15.2. The standard InChI is InChI=1S/C15H32N2/c1-7-13(3)14(16-4)15(17(5)6)10-8-12(2)9-11-15/h12-14,16H,7-11H2,1-6H3. The van der Waals surface area contributed by atoms with Crippen molar-refractivity contribution in [3.05, 3.63) is 0 Å². The summed E-state index contributed by atoms with van der Waals surface area (Å²) < 4.78 is 0. The monoisotopic (exact) mass is 240 g/mol. The van der Waals surface area contributed by atoms with Crippen LogP contribution in [0.4, 0.5) is 0 Å². The maximum atomic E-state index is 3.62. The first kappa shape index (κ1) is 15.0. The zero-order chi connectivity index (χ0) is 13.1. The molecule has 2 nitrogen and oxygen atoms in total. The van der Waals surface area contributed by atoms with Gasteiger partial charge in [-0.15, -0.1) is 0 Å². The molecule has 1 saturated carbocycles. The van der Waals surface area contributed by atoms with E-state index in [2.05, 4.69) is 52.1 Å². The summed E-state index contributed by atoms with van der Waals surface area (Å²) in [5, 5.41) is 3.62. The molecule has 0 aromatic rings. The van der Waals surface area contributed by atoms with E-state index in [0.717, 1.165) is 11.8 Å². The fourth-order valence-corrected chi connectivity index (χ4v) is 3.62. The summed E-state index contributed by atoms with van der Waals surface area (Å²) in [4.78, 5) is 2.49. The van der Waals surface area contributed by atoms with Gasteiger partial charge in [0.2, 0.25) is 0 Å². The number of hydrogen-bond donors (Lipinski definition) is 1. The van der Waals surface area contributed by atoms with E-state index >= 15 is 0 Å². The van der Waals surface area contributed by atoms with Crippen molar-refractivity contribution >= 4 is 0 Å². The molecule has 102 valence electrons. The molecule has 0 bridgehead atoms. The van der Waals surface area contributed by atoms with Gasteiger partial charge >= 0.3 is 0 Å². The van der Waals surface area contributed by atoms with Crippen molar-refractivity contribution in [2.45, 2.75) is 64.5 Å². The van der Waals surface area contributed by atoms with Gasteiger partial charge < -0.3 is 10.2 Å². The summed E-state index contributed by atoms with van der Waals surface area (Å²) in [6, 6.07) is 0.620. The second kappa shape index (κ2) is 6.19. The molecule has 0 aromatic carbocycles. The van der Waals surface area contributed by atoms with Crippen molar-refractivity contribution in [1.82, 2.24) is 10.2 Å². The summed E-state index contributed by atoms with van der Waals surface area (Å²) in [6.07, 6.45) is 6.71. The number of likely N-dealkylation sites (N-methyl/N-ethyl adjacent to an activating group) is 2. The first-order valence-corrected chi connectivity index (χ1v) is 7.32. The predicted molar refractivity (Wildman–Crippen MR) is 76.4 cm³/mol. The number of nitrogens with one attached hydrogen (secondary N) is 1. The van der Waals surface area contributed by atoms with Crippen molar-refractivity contribution < 1.29 is 0 Å². The van der Waals surface area contributed by atoms with Crippen molar-refractivity contribution in [3.8, 4) is 0 Å². The van der Waals surface area contributed by atoms with Gasteiger partial charge in [-0.25, -0.2) is 0 Å². The van der Waals surface area contributed by atoms with Crippen molar-refractivity contribution in [2.75, 3.05) is 21.1 Å². The smallest absolute Gasteiger partial charge is 0.0359 e. The topological polar surface area (TPSA) is 15.3 Å². The van der Waals surface area contributed by atoms with Gasteiger partial charge in [0, 0.05) is 11.6 Å². The molecule has 1 fully saturated rings. The summed E-state index contributed by atoms with van der Waals surface area (Å²) in [5.74, 6) is 1.66. The van der Waals surface area contributed by atoms with E-state index in [0.29, 0.717) is 11.6 Å². The third-order valence-electron chi connectivity index (χ3n) is 5.13. The second-order valence-electron chi connectivity index (χ2n) is 6.33. The molecule has 2 heteroatoms. The molecular formula is C15H32N2. The Kier molecular flexibility index (Phi) is 5.46. The van der Waals surface area contributed by atoms with E-state index in [1.54, 1.807) is 0 Å². The van der Waals surface area contributed by atoms with Crippen LogP contribution in [0.2, 0.25) is 0 Å². The van der Waals surface area contributed by atoms with E-state index in [9.17, 15) is 0 Å². The van der Waals surface area contributed by atoms with Gasteiger partial charge in [0.25, 0.3) is 0 Å². The van der Waals surface area contributed by atoms with Gasteiger partial charge in [-0.05, 0) is 58.7 Å². The second-order valence-corrected chi connectivity index (χ2v) is 6.33. The minimum absolute atomic E-state index is 0.372. The SMILES string of the molecule is CCC(C)C(NC)C1(N(C)C)CCC(C)CC1. The average molecular weight is 240 g/mol. The minimum atomic E-state index is 0.372.